The molecule has 0 atom stereocenters. The number of anilines is 1. The number of carbonyl (C=O) groups is 1. The molecule has 0 spiro atoms. The Bertz CT molecular complexity index is 645. The van der Waals surface area contributed by atoms with Gasteiger partial charge >= 0.3 is 0 Å². The maximum atomic E-state index is 9.00. The monoisotopic (exact) mass is 360 g/mol. The third kappa shape index (κ3) is 6.89. The topological polar surface area (TPSA) is 113 Å². The van der Waals surface area contributed by atoms with Crippen LogP contribution in [0.5, 0.6) is 0 Å². The maximum Gasteiger partial charge on any atom is 0.300 e. The minimum absolute atomic E-state index is 0. The quantitative estimate of drug-likeness (QED) is 0.529. The van der Waals surface area contributed by atoms with Crippen LogP contribution in [0.4, 0.5) is 5.82 Å². The number of nitrogens with two attached hydrogens (primary N) is 1. The predicted molar refractivity (Wildman–Crippen MR) is 83.6 cm³/mol. The van der Waals surface area contributed by atoms with Gasteiger partial charge in [0.15, 0.2) is 12.2 Å². The fraction of sp³-hybridized carbons (Fsp3) is 0.429. The van der Waals surface area contributed by atoms with Crippen molar-refractivity contribution in [3.63, 3.8) is 0 Å². The van der Waals surface area contributed by atoms with Gasteiger partial charge in [-0.1, -0.05) is 11.3 Å². The number of carboxylic acid groups (broad SMARTS) is 1. The molecule has 0 aliphatic rings. The summed E-state index contributed by atoms with van der Waals surface area (Å²) >= 11 is 1.65. The average molecular weight is 361 g/mol. The van der Waals surface area contributed by atoms with E-state index in [9.17, 15) is 0 Å². The molecule has 0 unspecified atom stereocenters. The highest BCUT2D eigenvalue weighted by Crippen LogP contribution is 2.13. The largest absolute Gasteiger partial charge is 1.00 e. The Morgan fingerprint density at radius 1 is 1.43 bits per heavy atom. The number of hydrogen-bond acceptors (Lipinski definition) is 6. The number of carboxylic acids is 1. The van der Waals surface area contributed by atoms with E-state index in [-0.39, 0.29) is 19.0 Å². The fourth-order valence-electron chi connectivity index (χ4n) is 1.77. The third-order valence-electron chi connectivity index (χ3n) is 2.85. The zero-order valence-corrected chi connectivity index (χ0v) is 14.9. The minimum Gasteiger partial charge on any atom is -1.00 e. The van der Waals surface area contributed by atoms with Crippen LogP contribution in [-0.4, -0.2) is 32.8 Å². The molecule has 4 N–H and O–H groups in total. The normalized spacial score (nSPS) is 9.57. The van der Waals surface area contributed by atoms with Gasteiger partial charge in [-0.2, -0.15) is 4.57 Å². The second kappa shape index (κ2) is 10.1. The number of aliphatic hydroxyl groups is 1. The number of halogens is 1. The van der Waals surface area contributed by atoms with Crippen LogP contribution >= 0.6 is 11.3 Å². The van der Waals surface area contributed by atoms with Crippen molar-refractivity contribution in [3.8, 4) is 0 Å². The number of nitrogen functional groups attached to an aromatic ring is 1. The average Bonchev–Trinajstić information content (AvgIpc) is 2.75. The molecular formula is C14H21ClN4O3S. The molecule has 0 amide bonds. The summed E-state index contributed by atoms with van der Waals surface area (Å²) in [6.07, 6.45) is 2.47. The summed E-state index contributed by atoms with van der Waals surface area (Å²) in [5, 5.41) is 16.4. The lowest BCUT2D eigenvalue weighted by Crippen LogP contribution is -3.00. The third-order valence-corrected chi connectivity index (χ3v) is 4.00. The first-order chi connectivity index (χ1) is 10.3. The Morgan fingerprint density at radius 3 is 2.57 bits per heavy atom. The SMILES string of the molecule is CC(=O)O.Cc1ncc(C[n+]2csc(CCO)c2C)c(N)n1.[Cl-]. The zero-order chi connectivity index (χ0) is 16.7. The first kappa shape index (κ1) is 21.2. The Hall–Kier alpha value is -1.77. The molecule has 7 nitrogen and oxygen atoms in total. The summed E-state index contributed by atoms with van der Waals surface area (Å²) in [4.78, 5) is 18.5. The van der Waals surface area contributed by atoms with Crippen LogP contribution < -0.4 is 22.7 Å². The molecule has 23 heavy (non-hydrogen) atoms. The van der Waals surface area contributed by atoms with Crippen LogP contribution in [0, 0.1) is 13.8 Å². The van der Waals surface area contributed by atoms with E-state index in [4.69, 9.17) is 20.7 Å². The van der Waals surface area contributed by atoms with E-state index in [2.05, 4.69) is 14.5 Å². The lowest BCUT2D eigenvalue weighted by atomic mass is 10.2. The van der Waals surface area contributed by atoms with Gasteiger partial charge < -0.3 is 28.4 Å². The van der Waals surface area contributed by atoms with Crippen LogP contribution in [0.1, 0.15) is 28.9 Å². The van der Waals surface area contributed by atoms with Gasteiger partial charge in [0, 0.05) is 33.1 Å². The van der Waals surface area contributed by atoms with Gasteiger partial charge in [0.25, 0.3) is 5.97 Å². The van der Waals surface area contributed by atoms with Gasteiger partial charge in [0.05, 0.1) is 10.4 Å². The maximum absolute atomic E-state index is 9.00. The van der Waals surface area contributed by atoms with E-state index in [1.807, 2.05) is 19.4 Å². The number of aliphatic hydroxyl groups excluding tert-OH is 1. The van der Waals surface area contributed by atoms with Crippen LogP contribution in [0.3, 0.4) is 0 Å². The molecule has 128 valence electrons. The highest BCUT2D eigenvalue weighted by molar-refractivity contribution is 7.09. The molecule has 0 saturated heterocycles. The van der Waals surface area contributed by atoms with Crippen molar-refractivity contribution in [1.82, 2.24) is 9.97 Å². The molecule has 0 aromatic carbocycles. The Kier molecular flexibility index (Phi) is 9.31. The second-order valence-electron chi connectivity index (χ2n) is 4.68. The smallest absolute Gasteiger partial charge is 0.300 e. The van der Waals surface area contributed by atoms with Crippen molar-refractivity contribution in [3.05, 3.63) is 33.7 Å². The first-order valence-corrected chi connectivity index (χ1v) is 7.57. The molecule has 2 aromatic heterocycles. The lowest BCUT2D eigenvalue weighted by Gasteiger charge is -2.01. The molecule has 0 aliphatic heterocycles. The van der Waals surface area contributed by atoms with Gasteiger partial charge in [-0.25, -0.2) is 9.97 Å². The van der Waals surface area contributed by atoms with Crippen molar-refractivity contribution >= 4 is 23.1 Å². The summed E-state index contributed by atoms with van der Waals surface area (Å²) in [6, 6.07) is 0. The predicted octanol–water partition coefficient (Wildman–Crippen LogP) is -2.30. The van der Waals surface area contributed by atoms with Crippen molar-refractivity contribution in [1.29, 1.82) is 0 Å². The molecule has 0 radical (unpaired) electrons. The number of aliphatic carboxylic acids is 1. The van der Waals surface area contributed by atoms with Gasteiger partial charge in [-0.15, -0.1) is 0 Å². The lowest BCUT2D eigenvalue weighted by molar-refractivity contribution is -0.689. The van der Waals surface area contributed by atoms with Crippen molar-refractivity contribution in [2.45, 2.75) is 33.7 Å². The number of rotatable bonds is 4. The van der Waals surface area contributed by atoms with E-state index >= 15 is 0 Å². The van der Waals surface area contributed by atoms with Crippen LogP contribution in [-0.2, 0) is 17.8 Å². The molecule has 9 heteroatoms. The summed E-state index contributed by atoms with van der Waals surface area (Å²) in [5.41, 5.74) is 10.0. The molecule has 0 saturated carbocycles. The van der Waals surface area contributed by atoms with Crippen LogP contribution in [0.15, 0.2) is 11.7 Å². The number of aromatic nitrogens is 3. The van der Waals surface area contributed by atoms with E-state index < -0.39 is 5.97 Å². The van der Waals surface area contributed by atoms with Crippen molar-refractivity contribution in [2.24, 2.45) is 0 Å². The summed E-state index contributed by atoms with van der Waals surface area (Å²) in [5.74, 6) is 0.383. The number of hydrogen-bond donors (Lipinski definition) is 3. The highest BCUT2D eigenvalue weighted by Gasteiger charge is 2.16. The summed E-state index contributed by atoms with van der Waals surface area (Å²) in [7, 11) is 0. The summed E-state index contributed by atoms with van der Waals surface area (Å²) in [6.45, 7) is 5.80. The van der Waals surface area contributed by atoms with Crippen LogP contribution in [0.2, 0.25) is 0 Å². The molecule has 2 aromatic rings. The standard InChI is InChI=1S/C12H17N4OS.C2H4O2.ClH/c1-8-11(3-4-17)18-7-16(8)6-10-5-14-9(2)15-12(10)13;1-2(3)4;/h5,7,17H,3-4,6H2,1-2H3,(H2,13,14,15);1H3,(H,3,4);1H/q+1;;/p-1. The van der Waals surface area contributed by atoms with Gasteiger partial charge in [-0.3, -0.25) is 4.79 Å². The minimum atomic E-state index is -0.833. The molecule has 2 rings (SSSR count). The van der Waals surface area contributed by atoms with E-state index in [1.165, 1.54) is 4.88 Å². The Balaban J connectivity index is 0.000000871. The van der Waals surface area contributed by atoms with Crippen molar-refractivity contribution in [2.75, 3.05) is 12.3 Å². The van der Waals surface area contributed by atoms with Gasteiger partial charge in [-0.05, 0) is 6.92 Å². The fourth-order valence-corrected chi connectivity index (χ4v) is 2.75. The number of thiazole rings is 1. The highest BCUT2D eigenvalue weighted by atomic mass is 35.5. The Morgan fingerprint density at radius 2 is 2.04 bits per heavy atom. The summed E-state index contributed by atoms with van der Waals surface area (Å²) < 4.78 is 2.11. The second-order valence-corrected chi connectivity index (χ2v) is 5.62. The number of nitrogens with zero attached hydrogens (tertiary/aromatic N) is 3. The van der Waals surface area contributed by atoms with Gasteiger partial charge in [0.1, 0.15) is 11.6 Å². The van der Waals surface area contributed by atoms with E-state index in [0.717, 1.165) is 18.2 Å². The molecule has 0 bridgehead atoms. The van der Waals surface area contributed by atoms with E-state index in [1.54, 1.807) is 17.5 Å². The van der Waals surface area contributed by atoms with E-state index in [0.29, 0.717) is 24.6 Å². The molecular weight excluding hydrogens is 340 g/mol. The molecule has 0 aliphatic carbocycles. The first-order valence-electron chi connectivity index (χ1n) is 6.70. The number of aryl methyl sites for hydroxylation is 1. The Labute approximate surface area is 145 Å². The van der Waals surface area contributed by atoms with Crippen molar-refractivity contribution < 1.29 is 32.0 Å². The zero-order valence-electron chi connectivity index (χ0n) is 13.3. The van der Waals surface area contributed by atoms with Gasteiger partial charge in [0.2, 0.25) is 5.51 Å². The molecule has 0 fully saturated rings. The van der Waals surface area contributed by atoms with Crippen LogP contribution in [0.25, 0.3) is 0 Å². The molecule has 2 heterocycles.